The van der Waals surface area contributed by atoms with Crippen LogP contribution in [0.5, 0.6) is 0 Å². The van der Waals surface area contributed by atoms with Crippen molar-refractivity contribution in [3.8, 4) is 0 Å². The minimum atomic E-state index is -4.73. The predicted molar refractivity (Wildman–Crippen MR) is 137 cm³/mol. The van der Waals surface area contributed by atoms with Crippen LogP contribution in [-0.4, -0.2) is 59.9 Å². The summed E-state index contributed by atoms with van der Waals surface area (Å²) >= 11 is 0. The Bertz CT molecular complexity index is 1530. The number of sulfonamides is 2. The summed E-state index contributed by atoms with van der Waals surface area (Å²) in [5.74, 6) is -0.851. The molecule has 208 valence electrons. The minimum absolute atomic E-state index is 0.000327. The highest BCUT2D eigenvalue weighted by Crippen LogP contribution is 2.33. The van der Waals surface area contributed by atoms with Crippen molar-refractivity contribution >= 4 is 37.3 Å². The summed E-state index contributed by atoms with van der Waals surface area (Å²) in [6.45, 7) is 0.139. The number of amides is 1. The smallest absolute Gasteiger partial charge is 0.379 e. The van der Waals surface area contributed by atoms with Crippen molar-refractivity contribution in [2.75, 3.05) is 42.5 Å². The number of anilines is 2. The standard InChI is InChI=1S/C25H24F3N3O6S2/c26-25(27,28)19-5-4-6-21(17-19)31(39(35,36)22-7-2-1-3-8-22)18-24(32)29-20-9-11-23(12-10-20)38(33,34)30-13-15-37-16-14-30/h1-12,17H,13-16,18H2,(H,29,32). The first-order valence-electron chi connectivity index (χ1n) is 11.6. The molecule has 3 aromatic carbocycles. The van der Waals surface area contributed by atoms with Gasteiger partial charge in [0.2, 0.25) is 15.9 Å². The van der Waals surface area contributed by atoms with E-state index in [-0.39, 0.29) is 47.5 Å². The largest absolute Gasteiger partial charge is 0.416 e. The molecule has 1 aliphatic heterocycles. The fourth-order valence-electron chi connectivity index (χ4n) is 3.85. The van der Waals surface area contributed by atoms with E-state index in [1.807, 2.05) is 0 Å². The fourth-order valence-corrected chi connectivity index (χ4v) is 6.69. The van der Waals surface area contributed by atoms with Crippen LogP contribution in [0.15, 0.2) is 88.7 Å². The quantitative estimate of drug-likeness (QED) is 0.434. The Balaban J connectivity index is 1.58. The van der Waals surface area contributed by atoms with E-state index in [9.17, 15) is 34.8 Å². The molecule has 0 bridgehead atoms. The van der Waals surface area contributed by atoms with Gasteiger partial charge >= 0.3 is 6.18 Å². The van der Waals surface area contributed by atoms with Crippen molar-refractivity contribution in [1.29, 1.82) is 0 Å². The van der Waals surface area contributed by atoms with Gasteiger partial charge in [0, 0.05) is 18.8 Å². The molecular formula is C25H24F3N3O6S2. The number of nitrogens with one attached hydrogen (secondary N) is 1. The summed E-state index contributed by atoms with van der Waals surface area (Å²) in [6, 6.07) is 15.9. The van der Waals surface area contributed by atoms with E-state index in [1.54, 1.807) is 6.07 Å². The second-order valence-corrected chi connectivity index (χ2v) is 12.3. The molecular weight excluding hydrogens is 559 g/mol. The Kier molecular flexibility index (Phi) is 8.30. The maximum atomic E-state index is 13.4. The average Bonchev–Trinajstić information content (AvgIpc) is 2.92. The van der Waals surface area contributed by atoms with Crippen LogP contribution in [0, 0.1) is 0 Å². The monoisotopic (exact) mass is 583 g/mol. The summed E-state index contributed by atoms with van der Waals surface area (Å²) in [4.78, 5) is 12.7. The zero-order valence-corrected chi connectivity index (χ0v) is 22.0. The summed E-state index contributed by atoms with van der Waals surface area (Å²) in [7, 11) is -8.20. The first-order chi connectivity index (χ1) is 18.4. The lowest BCUT2D eigenvalue weighted by Gasteiger charge is -2.26. The van der Waals surface area contributed by atoms with Gasteiger partial charge in [0.1, 0.15) is 6.54 Å². The van der Waals surface area contributed by atoms with Gasteiger partial charge in [-0.1, -0.05) is 24.3 Å². The summed E-state index contributed by atoms with van der Waals surface area (Å²) in [5, 5.41) is 2.47. The lowest BCUT2D eigenvalue weighted by atomic mass is 10.2. The topological polar surface area (TPSA) is 113 Å². The number of halogens is 3. The predicted octanol–water partition coefficient (Wildman–Crippen LogP) is 3.56. The molecule has 1 N–H and O–H groups in total. The number of alkyl halides is 3. The van der Waals surface area contributed by atoms with Gasteiger partial charge in [-0.3, -0.25) is 9.10 Å². The van der Waals surface area contributed by atoms with E-state index in [0.717, 1.165) is 18.2 Å². The number of morpholine rings is 1. The van der Waals surface area contributed by atoms with Crippen molar-refractivity contribution in [2.24, 2.45) is 0 Å². The minimum Gasteiger partial charge on any atom is -0.379 e. The van der Waals surface area contributed by atoms with Crippen LogP contribution in [-0.2, 0) is 35.8 Å². The number of carbonyl (C=O) groups excluding carboxylic acids is 1. The summed E-state index contributed by atoms with van der Waals surface area (Å²) in [5.41, 5.74) is -1.26. The maximum Gasteiger partial charge on any atom is 0.416 e. The Morgan fingerprint density at radius 1 is 0.872 bits per heavy atom. The van der Waals surface area contributed by atoms with Crippen molar-refractivity contribution in [3.05, 3.63) is 84.4 Å². The van der Waals surface area contributed by atoms with Crippen molar-refractivity contribution < 1.29 is 39.5 Å². The molecule has 1 fully saturated rings. The summed E-state index contributed by atoms with van der Waals surface area (Å²) in [6.07, 6.45) is -4.73. The third kappa shape index (κ3) is 6.58. The van der Waals surface area contributed by atoms with Crippen LogP contribution in [0.1, 0.15) is 5.56 Å². The Labute approximate surface area is 223 Å². The molecule has 1 aliphatic rings. The molecule has 0 saturated carbocycles. The number of rotatable bonds is 8. The highest BCUT2D eigenvalue weighted by atomic mass is 32.2. The molecule has 1 saturated heterocycles. The van der Waals surface area contributed by atoms with E-state index in [0.29, 0.717) is 10.4 Å². The molecule has 4 rings (SSSR count). The zero-order valence-electron chi connectivity index (χ0n) is 20.3. The molecule has 0 atom stereocenters. The molecule has 1 amide bonds. The van der Waals surface area contributed by atoms with E-state index in [2.05, 4.69) is 5.32 Å². The van der Waals surface area contributed by atoms with Gasteiger partial charge in [0.15, 0.2) is 0 Å². The number of carbonyl (C=O) groups is 1. The van der Waals surface area contributed by atoms with Crippen molar-refractivity contribution in [1.82, 2.24) is 4.31 Å². The van der Waals surface area contributed by atoms with Crippen LogP contribution in [0.2, 0.25) is 0 Å². The van der Waals surface area contributed by atoms with E-state index < -0.39 is 44.2 Å². The van der Waals surface area contributed by atoms with Crippen LogP contribution < -0.4 is 9.62 Å². The van der Waals surface area contributed by atoms with Crippen LogP contribution in [0.25, 0.3) is 0 Å². The van der Waals surface area contributed by atoms with Gasteiger partial charge in [-0.05, 0) is 54.6 Å². The van der Waals surface area contributed by atoms with E-state index in [1.165, 1.54) is 52.8 Å². The van der Waals surface area contributed by atoms with Crippen molar-refractivity contribution in [2.45, 2.75) is 16.0 Å². The van der Waals surface area contributed by atoms with Crippen LogP contribution in [0.3, 0.4) is 0 Å². The third-order valence-corrected chi connectivity index (χ3v) is 9.53. The number of benzene rings is 3. The molecule has 1 heterocycles. The van der Waals surface area contributed by atoms with Gasteiger partial charge in [-0.15, -0.1) is 0 Å². The van der Waals surface area contributed by atoms with Gasteiger partial charge < -0.3 is 10.1 Å². The van der Waals surface area contributed by atoms with E-state index in [4.69, 9.17) is 4.74 Å². The highest BCUT2D eigenvalue weighted by molar-refractivity contribution is 7.92. The SMILES string of the molecule is O=C(CN(c1cccc(C(F)(F)F)c1)S(=O)(=O)c1ccccc1)Nc1ccc(S(=O)(=O)N2CCOCC2)cc1. The molecule has 9 nitrogen and oxygen atoms in total. The molecule has 3 aromatic rings. The first kappa shape index (κ1) is 28.5. The van der Waals surface area contributed by atoms with Crippen LogP contribution >= 0.6 is 0 Å². The Morgan fingerprint density at radius 3 is 2.13 bits per heavy atom. The number of ether oxygens (including phenoxy) is 1. The molecule has 39 heavy (non-hydrogen) atoms. The lowest BCUT2D eigenvalue weighted by Crippen LogP contribution is -2.40. The van der Waals surface area contributed by atoms with Gasteiger partial charge in [0.25, 0.3) is 10.0 Å². The number of hydrogen-bond acceptors (Lipinski definition) is 6. The molecule has 14 heteroatoms. The molecule has 0 aliphatic carbocycles. The summed E-state index contributed by atoms with van der Waals surface area (Å²) < 4.78 is 99.4. The molecule has 0 aromatic heterocycles. The Morgan fingerprint density at radius 2 is 1.51 bits per heavy atom. The van der Waals surface area contributed by atoms with Gasteiger partial charge in [-0.2, -0.15) is 17.5 Å². The lowest BCUT2D eigenvalue weighted by molar-refractivity contribution is -0.137. The Hall–Kier alpha value is -3.46. The molecule has 0 spiro atoms. The number of nitrogens with zero attached hydrogens (tertiary/aromatic N) is 2. The van der Waals surface area contributed by atoms with Crippen LogP contribution in [0.4, 0.5) is 24.5 Å². The zero-order chi connectivity index (χ0) is 28.3. The third-order valence-electron chi connectivity index (χ3n) is 5.83. The second-order valence-electron chi connectivity index (χ2n) is 8.46. The first-order valence-corrected chi connectivity index (χ1v) is 14.5. The average molecular weight is 584 g/mol. The normalized spacial score (nSPS) is 15.1. The molecule has 0 unspecified atom stereocenters. The second kappa shape index (κ2) is 11.3. The highest BCUT2D eigenvalue weighted by Gasteiger charge is 2.33. The number of hydrogen-bond donors (Lipinski definition) is 1. The van der Waals surface area contributed by atoms with Gasteiger partial charge in [-0.25, -0.2) is 16.8 Å². The molecule has 0 radical (unpaired) electrons. The van der Waals surface area contributed by atoms with Crippen molar-refractivity contribution in [3.63, 3.8) is 0 Å². The maximum absolute atomic E-state index is 13.4. The fraction of sp³-hybridized carbons (Fsp3) is 0.240. The van der Waals surface area contributed by atoms with Gasteiger partial charge in [0.05, 0.1) is 34.3 Å². The van der Waals surface area contributed by atoms with E-state index >= 15 is 0 Å².